The van der Waals surface area contributed by atoms with Crippen LogP contribution in [0.3, 0.4) is 0 Å². The minimum absolute atomic E-state index is 0.0114. The number of carbonyl (C=O) groups excluding carboxylic acids is 2. The third-order valence-electron chi connectivity index (χ3n) is 6.16. The molecule has 30 heavy (non-hydrogen) atoms. The second kappa shape index (κ2) is 6.97. The summed E-state index contributed by atoms with van der Waals surface area (Å²) in [6, 6.07) is 10.6. The first-order valence-corrected chi connectivity index (χ1v) is 9.51. The summed E-state index contributed by atoms with van der Waals surface area (Å²) < 4.78 is 40.1. The van der Waals surface area contributed by atoms with Crippen molar-refractivity contribution in [3.05, 3.63) is 70.8 Å². The van der Waals surface area contributed by atoms with Gasteiger partial charge in [-0.25, -0.2) is 4.79 Å². The van der Waals surface area contributed by atoms with E-state index >= 15 is 0 Å². The number of carboxylic acid groups (broad SMARTS) is 1. The minimum Gasteiger partial charge on any atom is -0.465 e. The summed E-state index contributed by atoms with van der Waals surface area (Å²) in [6.07, 6.45) is -5.32. The zero-order valence-electron chi connectivity index (χ0n) is 15.8. The number of nitrogens with zero attached hydrogens (tertiary/aromatic N) is 1. The van der Waals surface area contributed by atoms with Crippen LogP contribution >= 0.6 is 0 Å². The molecule has 4 rings (SSSR count). The van der Waals surface area contributed by atoms with Crippen LogP contribution in [0.15, 0.2) is 48.5 Å². The zero-order chi connectivity index (χ0) is 21.7. The van der Waals surface area contributed by atoms with Gasteiger partial charge in [-0.1, -0.05) is 42.5 Å². The number of hydrogen-bond donors (Lipinski definition) is 1. The molecule has 0 unspecified atom stereocenters. The largest absolute Gasteiger partial charge is 0.465 e. The molecule has 1 N–H and O–H groups in total. The van der Waals surface area contributed by atoms with Gasteiger partial charge in [0.05, 0.1) is 5.56 Å². The molecule has 2 aromatic carbocycles. The first-order chi connectivity index (χ1) is 14.2. The van der Waals surface area contributed by atoms with Crippen LogP contribution < -0.4 is 0 Å². The van der Waals surface area contributed by atoms with Crippen molar-refractivity contribution in [3.63, 3.8) is 0 Å². The smallest absolute Gasteiger partial charge is 0.416 e. The molecular formula is C22H18F3NO4. The maximum atomic E-state index is 13.6. The summed E-state index contributed by atoms with van der Waals surface area (Å²) in [5, 5.41) is 9.21. The molecule has 2 aromatic rings. The summed E-state index contributed by atoms with van der Waals surface area (Å²) in [5.74, 6) is -1.64. The predicted octanol–water partition coefficient (Wildman–Crippen LogP) is 4.41. The first kappa shape index (κ1) is 20.1. The van der Waals surface area contributed by atoms with Crippen molar-refractivity contribution in [1.82, 2.24) is 4.90 Å². The number of halogens is 3. The molecule has 0 spiro atoms. The molecule has 0 saturated carbocycles. The molecule has 1 fully saturated rings. The van der Waals surface area contributed by atoms with Crippen molar-refractivity contribution < 1.29 is 32.7 Å². The topological polar surface area (TPSA) is 74.7 Å². The standard InChI is InChI=1S/C22H18F3NO4/c23-22(24,25)15-5-3-4-14(12-15)21(13-8-10-26(11-9-13)20(29)30)18(27)16-6-1-2-7-17(16)19(21)28/h1-7,12-13H,8-11H2,(H,29,30). The normalized spacial score (nSPS) is 19.1. The van der Waals surface area contributed by atoms with Crippen molar-refractivity contribution in [2.45, 2.75) is 24.4 Å². The fourth-order valence-electron chi connectivity index (χ4n) is 4.72. The third-order valence-corrected chi connectivity index (χ3v) is 6.16. The number of fused-ring (bicyclic) bond motifs is 1. The quantitative estimate of drug-likeness (QED) is 0.735. The number of Topliss-reactive ketones (excluding diaryl/α,β-unsaturated/α-hetero) is 2. The van der Waals surface area contributed by atoms with E-state index in [0.717, 1.165) is 12.1 Å². The molecule has 1 aliphatic heterocycles. The molecule has 5 nitrogen and oxygen atoms in total. The fraction of sp³-hybridized carbons (Fsp3) is 0.318. The van der Waals surface area contributed by atoms with E-state index in [-0.39, 0.29) is 42.6 Å². The zero-order valence-corrected chi connectivity index (χ0v) is 15.8. The van der Waals surface area contributed by atoms with E-state index in [1.807, 2.05) is 0 Å². The molecule has 8 heteroatoms. The lowest BCUT2D eigenvalue weighted by atomic mass is 9.63. The van der Waals surface area contributed by atoms with E-state index in [1.54, 1.807) is 12.1 Å². The molecule has 0 aromatic heterocycles. The first-order valence-electron chi connectivity index (χ1n) is 9.51. The minimum atomic E-state index is -4.62. The Hall–Kier alpha value is -3.16. The number of piperidine rings is 1. The van der Waals surface area contributed by atoms with E-state index in [1.165, 1.54) is 29.2 Å². The van der Waals surface area contributed by atoms with Crippen LogP contribution in [0.1, 0.15) is 44.7 Å². The maximum Gasteiger partial charge on any atom is 0.416 e. The molecule has 156 valence electrons. The Morgan fingerprint density at radius 1 is 0.967 bits per heavy atom. The van der Waals surface area contributed by atoms with Gasteiger partial charge in [0.15, 0.2) is 11.6 Å². The number of ketones is 2. The Morgan fingerprint density at radius 3 is 2.03 bits per heavy atom. The molecule has 1 saturated heterocycles. The number of amides is 1. The van der Waals surface area contributed by atoms with Crippen molar-refractivity contribution in [2.24, 2.45) is 5.92 Å². The van der Waals surface area contributed by atoms with Crippen LogP contribution in [0, 0.1) is 5.92 Å². The molecule has 0 radical (unpaired) electrons. The monoisotopic (exact) mass is 417 g/mol. The fourth-order valence-corrected chi connectivity index (χ4v) is 4.72. The van der Waals surface area contributed by atoms with Crippen LogP contribution in [-0.2, 0) is 11.6 Å². The molecular weight excluding hydrogens is 399 g/mol. The van der Waals surface area contributed by atoms with Gasteiger partial charge in [-0.15, -0.1) is 0 Å². The van der Waals surface area contributed by atoms with E-state index in [2.05, 4.69) is 0 Å². The Kier molecular flexibility index (Phi) is 4.67. The lowest BCUT2D eigenvalue weighted by molar-refractivity contribution is -0.137. The molecule has 1 heterocycles. The number of hydrogen-bond acceptors (Lipinski definition) is 3. The Bertz CT molecular complexity index is 1000. The van der Waals surface area contributed by atoms with E-state index in [4.69, 9.17) is 0 Å². The van der Waals surface area contributed by atoms with Crippen LogP contribution in [0.25, 0.3) is 0 Å². The number of likely N-dealkylation sites (tertiary alicyclic amines) is 1. The summed E-state index contributed by atoms with van der Waals surface area (Å²) in [4.78, 5) is 39.6. The second-order valence-corrected chi connectivity index (χ2v) is 7.63. The second-order valence-electron chi connectivity index (χ2n) is 7.63. The Balaban J connectivity index is 1.87. The predicted molar refractivity (Wildman–Crippen MR) is 101 cm³/mol. The third kappa shape index (κ3) is 2.89. The summed E-state index contributed by atoms with van der Waals surface area (Å²) in [7, 11) is 0. The van der Waals surface area contributed by atoms with Crippen molar-refractivity contribution in [2.75, 3.05) is 13.1 Å². The van der Waals surface area contributed by atoms with Gasteiger partial charge in [0.2, 0.25) is 0 Å². The van der Waals surface area contributed by atoms with Crippen molar-refractivity contribution >= 4 is 17.7 Å². The molecule has 2 aliphatic rings. The van der Waals surface area contributed by atoms with Crippen molar-refractivity contribution in [3.8, 4) is 0 Å². The molecule has 0 atom stereocenters. The Labute approximate surface area is 170 Å². The van der Waals surface area contributed by atoms with Gasteiger partial charge in [-0.2, -0.15) is 13.2 Å². The van der Waals surface area contributed by atoms with E-state index in [9.17, 15) is 32.7 Å². The van der Waals surface area contributed by atoms with Gasteiger partial charge in [-0.3, -0.25) is 9.59 Å². The van der Waals surface area contributed by atoms with Gasteiger partial charge in [0.1, 0.15) is 5.41 Å². The van der Waals surface area contributed by atoms with Gasteiger partial charge in [0, 0.05) is 24.2 Å². The summed E-state index contributed by atoms with van der Waals surface area (Å²) in [6.45, 7) is 0.217. The van der Waals surface area contributed by atoms with E-state index in [0.29, 0.717) is 0 Å². The van der Waals surface area contributed by atoms with Gasteiger partial charge in [-0.05, 0) is 30.4 Å². The number of alkyl halides is 3. The van der Waals surface area contributed by atoms with Crippen LogP contribution in [0.2, 0.25) is 0 Å². The van der Waals surface area contributed by atoms with Crippen molar-refractivity contribution in [1.29, 1.82) is 0 Å². The lowest BCUT2D eigenvalue weighted by Crippen LogP contribution is -2.50. The van der Waals surface area contributed by atoms with Crippen LogP contribution in [0.4, 0.5) is 18.0 Å². The highest BCUT2D eigenvalue weighted by Gasteiger charge is 2.59. The average molecular weight is 417 g/mol. The van der Waals surface area contributed by atoms with E-state index < -0.39 is 40.7 Å². The number of rotatable bonds is 2. The van der Waals surface area contributed by atoms with Crippen LogP contribution in [0.5, 0.6) is 0 Å². The van der Waals surface area contributed by atoms with Gasteiger partial charge >= 0.3 is 12.3 Å². The highest BCUT2D eigenvalue weighted by atomic mass is 19.4. The SMILES string of the molecule is O=C(O)N1CCC(C2(c3cccc(C(F)(F)F)c3)C(=O)c3ccccc3C2=O)CC1. The van der Waals surface area contributed by atoms with Crippen LogP contribution in [-0.4, -0.2) is 40.8 Å². The highest BCUT2D eigenvalue weighted by Crippen LogP contribution is 2.49. The number of carbonyl (C=O) groups is 3. The summed E-state index contributed by atoms with van der Waals surface area (Å²) >= 11 is 0. The lowest BCUT2D eigenvalue weighted by Gasteiger charge is -2.40. The Morgan fingerprint density at radius 2 is 1.53 bits per heavy atom. The maximum absolute atomic E-state index is 13.6. The molecule has 1 aliphatic carbocycles. The number of benzene rings is 2. The van der Waals surface area contributed by atoms with Gasteiger partial charge in [0.25, 0.3) is 0 Å². The highest BCUT2D eigenvalue weighted by molar-refractivity contribution is 6.33. The molecule has 0 bridgehead atoms. The average Bonchev–Trinajstić information content (AvgIpc) is 2.96. The molecule has 1 amide bonds. The van der Waals surface area contributed by atoms with Gasteiger partial charge < -0.3 is 10.0 Å². The summed E-state index contributed by atoms with van der Waals surface area (Å²) in [5.41, 5.74) is -2.31.